The van der Waals surface area contributed by atoms with Crippen molar-refractivity contribution < 1.29 is 0 Å². The van der Waals surface area contributed by atoms with E-state index in [1.165, 1.54) is 44.6 Å². The van der Waals surface area contributed by atoms with Gasteiger partial charge in [-0.2, -0.15) is 0 Å². The predicted octanol–water partition coefficient (Wildman–Crippen LogP) is 6.12. The molecule has 0 saturated heterocycles. The Hall–Kier alpha value is -1.56. The summed E-state index contributed by atoms with van der Waals surface area (Å²) in [6.07, 6.45) is 29.5. The smallest absolute Gasteiger partial charge is 0.0348 e. The van der Waals surface area contributed by atoms with Crippen LogP contribution in [0, 0.1) is 6.58 Å². The fourth-order valence-electron chi connectivity index (χ4n) is 1.55. The summed E-state index contributed by atoms with van der Waals surface area (Å²) in [5.41, 5.74) is 0. The fourth-order valence-corrected chi connectivity index (χ4v) is 1.55. The van der Waals surface area contributed by atoms with Crippen LogP contribution in [0.2, 0.25) is 0 Å². The average Bonchev–Trinajstić information content (AvgIpc) is 2.43. The molecule has 0 nitrogen and oxygen atoms in total. The van der Waals surface area contributed by atoms with Crippen LogP contribution in [0.5, 0.6) is 0 Å². The minimum atomic E-state index is 1.19. The van der Waals surface area contributed by atoms with E-state index >= 15 is 0 Å². The molecule has 0 bridgehead atoms. The van der Waals surface area contributed by atoms with Gasteiger partial charge in [0.15, 0.2) is 0 Å². The highest BCUT2D eigenvalue weighted by Gasteiger charge is 1.85. The quantitative estimate of drug-likeness (QED) is 0.308. The summed E-state index contributed by atoms with van der Waals surface area (Å²) in [4.78, 5) is 0. The topological polar surface area (TPSA) is 0 Å². The zero-order chi connectivity index (χ0) is 14.0. The van der Waals surface area contributed by atoms with Crippen molar-refractivity contribution in [2.45, 2.75) is 45.4 Å². The van der Waals surface area contributed by atoms with E-state index in [1.54, 1.807) is 6.08 Å². The van der Waals surface area contributed by atoms with E-state index in [4.69, 9.17) is 6.58 Å². The molecule has 103 valence electrons. The van der Waals surface area contributed by atoms with Gasteiger partial charge in [-0.1, -0.05) is 106 Å². The van der Waals surface area contributed by atoms with Crippen molar-refractivity contribution in [1.82, 2.24) is 0 Å². The van der Waals surface area contributed by atoms with Crippen molar-refractivity contribution >= 4 is 0 Å². The van der Waals surface area contributed by atoms with Crippen molar-refractivity contribution in [3.8, 4) is 0 Å². The first-order valence-electron chi connectivity index (χ1n) is 7.28. The molecule has 0 aromatic heterocycles. The molecule has 0 fully saturated rings. The predicted molar refractivity (Wildman–Crippen MR) is 87.9 cm³/mol. The Labute approximate surface area is 119 Å². The monoisotopic (exact) mass is 255 g/mol. The summed E-state index contributed by atoms with van der Waals surface area (Å²) in [7, 11) is 0. The first-order valence-corrected chi connectivity index (χ1v) is 7.28. The molecule has 0 aliphatic heterocycles. The van der Waals surface area contributed by atoms with Crippen LogP contribution >= 0.6 is 0 Å². The molecule has 1 radical (unpaired) electrons. The second-order valence-corrected chi connectivity index (χ2v) is 4.36. The van der Waals surface area contributed by atoms with Gasteiger partial charge in [-0.3, -0.25) is 0 Å². The third-order valence-corrected chi connectivity index (χ3v) is 2.61. The summed E-state index contributed by atoms with van der Waals surface area (Å²) in [5, 5.41) is 0. The van der Waals surface area contributed by atoms with Crippen molar-refractivity contribution in [1.29, 1.82) is 0 Å². The standard InChI is InChI=1S/C19H27/c1-3-5-7-9-11-13-15-17-19-18-16-14-12-10-8-6-4-2/h1,3,5,7,9,11,13,15-19H,4,6,8,10,12,14H2,2H3/b3-1?,7-5+,11-9+,15-13+,18-16+,19-17+. The number of allylic oxidation sites excluding steroid dienone is 11. The lowest BCUT2D eigenvalue weighted by Gasteiger charge is -1.95. The zero-order valence-electron chi connectivity index (χ0n) is 12.2. The Kier molecular flexibility index (Phi) is 15.1. The molecule has 0 heterocycles. The molecule has 0 aromatic carbocycles. The summed E-state index contributed by atoms with van der Waals surface area (Å²) >= 11 is 0. The van der Waals surface area contributed by atoms with E-state index in [2.05, 4.69) is 25.2 Å². The average molecular weight is 255 g/mol. The highest BCUT2D eigenvalue weighted by molar-refractivity contribution is 5.18. The summed E-state index contributed by atoms with van der Waals surface area (Å²) in [5.74, 6) is 0. The van der Waals surface area contributed by atoms with E-state index in [0.29, 0.717) is 0 Å². The summed E-state index contributed by atoms with van der Waals surface area (Å²) in [6, 6.07) is 0. The minimum Gasteiger partial charge on any atom is -0.0845 e. The molecule has 0 aliphatic rings. The molecule has 0 amide bonds. The maximum atomic E-state index is 5.20. The molecule has 0 aliphatic carbocycles. The fraction of sp³-hybridized carbons (Fsp3) is 0.368. The van der Waals surface area contributed by atoms with E-state index in [9.17, 15) is 0 Å². The van der Waals surface area contributed by atoms with Crippen molar-refractivity contribution in [3.63, 3.8) is 0 Å². The van der Waals surface area contributed by atoms with Crippen LogP contribution in [-0.2, 0) is 0 Å². The van der Waals surface area contributed by atoms with E-state index in [0.717, 1.165) is 0 Å². The third-order valence-electron chi connectivity index (χ3n) is 2.61. The highest BCUT2D eigenvalue weighted by Crippen LogP contribution is 2.05. The first kappa shape index (κ1) is 17.4. The normalized spacial score (nSPS) is 12.9. The Morgan fingerprint density at radius 1 is 0.632 bits per heavy atom. The number of hydrogen-bond acceptors (Lipinski definition) is 0. The lowest BCUT2D eigenvalue weighted by Crippen LogP contribution is -1.75. The van der Waals surface area contributed by atoms with Crippen LogP contribution in [0.15, 0.2) is 66.8 Å². The van der Waals surface area contributed by atoms with E-state index in [-0.39, 0.29) is 0 Å². The summed E-state index contributed by atoms with van der Waals surface area (Å²) < 4.78 is 0. The van der Waals surface area contributed by atoms with Gasteiger partial charge in [0.1, 0.15) is 0 Å². The molecule has 0 unspecified atom stereocenters. The van der Waals surface area contributed by atoms with E-state index < -0.39 is 0 Å². The molecule has 0 heteroatoms. The third kappa shape index (κ3) is 16.4. The van der Waals surface area contributed by atoms with Crippen LogP contribution in [0.25, 0.3) is 0 Å². The number of unbranched alkanes of at least 4 members (excludes halogenated alkanes) is 5. The Morgan fingerprint density at radius 2 is 1.16 bits per heavy atom. The number of rotatable bonds is 11. The van der Waals surface area contributed by atoms with Gasteiger partial charge in [-0.15, -0.1) is 0 Å². The van der Waals surface area contributed by atoms with Crippen molar-refractivity contribution in [3.05, 3.63) is 73.4 Å². The lowest BCUT2D eigenvalue weighted by molar-refractivity contribution is 0.637. The van der Waals surface area contributed by atoms with E-state index in [1.807, 2.05) is 36.5 Å². The maximum absolute atomic E-state index is 5.20. The highest BCUT2D eigenvalue weighted by atomic mass is 13.9. The zero-order valence-corrected chi connectivity index (χ0v) is 12.2. The maximum Gasteiger partial charge on any atom is -0.0348 e. The largest absolute Gasteiger partial charge is 0.0845 e. The van der Waals surface area contributed by atoms with Gasteiger partial charge in [0.05, 0.1) is 0 Å². The van der Waals surface area contributed by atoms with Crippen molar-refractivity contribution in [2.75, 3.05) is 0 Å². The van der Waals surface area contributed by atoms with Crippen LogP contribution in [-0.4, -0.2) is 0 Å². The Bertz CT molecular complexity index is 324. The molecule has 0 saturated carbocycles. The number of hydrogen-bond donors (Lipinski definition) is 0. The molecular formula is C19H27. The molecule has 0 N–H and O–H groups in total. The van der Waals surface area contributed by atoms with Crippen LogP contribution in [0.4, 0.5) is 0 Å². The Balaban J connectivity index is 3.51. The molecule has 0 atom stereocenters. The van der Waals surface area contributed by atoms with Gasteiger partial charge < -0.3 is 0 Å². The molecular weight excluding hydrogens is 228 g/mol. The summed E-state index contributed by atoms with van der Waals surface area (Å²) in [6.45, 7) is 7.45. The van der Waals surface area contributed by atoms with Crippen LogP contribution in [0.1, 0.15) is 45.4 Å². The molecule has 19 heavy (non-hydrogen) atoms. The van der Waals surface area contributed by atoms with Crippen LogP contribution in [0.3, 0.4) is 0 Å². The van der Waals surface area contributed by atoms with Gasteiger partial charge in [0, 0.05) is 0 Å². The SMILES string of the molecule is [CH]=C/C=C/C=C/C=C/C=C/C=C/CCCCCCC. The minimum absolute atomic E-state index is 1.19. The second kappa shape index (κ2) is 16.4. The van der Waals surface area contributed by atoms with Gasteiger partial charge in [0.2, 0.25) is 0 Å². The van der Waals surface area contributed by atoms with Gasteiger partial charge >= 0.3 is 0 Å². The Morgan fingerprint density at radius 3 is 1.74 bits per heavy atom. The van der Waals surface area contributed by atoms with Crippen LogP contribution < -0.4 is 0 Å². The van der Waals surface area contributed by atoms with Gasteiger partial charge in [0.25, 0.3) is 0 Å². The van der Waals surface area contributed by atoms with Crippen molar-refractivity contribution in [2.24, 2.45) is 0 Å². The first-order chi connectivity index (χ1) is 9.41. The van der Waals surface area contributed by atoms with Gasteiger partial charge in [-0.05, 0) is 12.8 Å². The molecule has 0 aromatic rings. The van der Waals surface area contributed by atoms with Gasteiger partial charge in [-0.25, -0.2) is 0 Å². The second-order valence-electron chi connectivity index (χ2n) is 4.36. The molecule has 0 spiro atoms. The lowest BCUT2D eigenvalue weighted by atomic mass is 10.1. The molecule has 0 rings (SSSR count).